The molecule has 3 rings (SSSR count). The number of hydrogen-bond donors (Lipinski definition) is 2. The highest BCUT2D eigenvalue weighted by atomic mass is 16.5. The van der Waals surface area contributed by atoms with Gasteiger partial charge in [0.2, 0.25) is 11.9 Å². The van der Waals surface area contributed by atoms with E-state index in [0.29, 0.717) is 18.1 Å². The van der Waals surface area contributed by atoms with Gasteiger partial charge in [-0.2, -0.15) is 0 Å². The van der Waals surface area contributed by atoms with Crippen molar-refractivity contribution in [3.05, 3.63) is 12.4 Å². The number of anilines is 1. The molecular formula is C13H17N5O3. The smallest absolute Gasteiger partial charge is 0.267 e. The van der Waals surface area contributed by atoms with Crippen LogP contribution in [0.4, 0.5) is 5.95 Å². The number of imide groups is 1. The SMILES string of the molecule is O=C1CCC(Oc2cnc(N3CCNCC3)nc2)C(=O)N1. The van der Waals surface area contributed by atoms with Gasteiger partial charge in [0.05, 0.1) is 12.4 Å². The third-order valence-electron chi connectivity index (χ3n) is 3.48. The number of rotatable bonds is 3. The second kappa shape index (κ2) is 6.04. The number of carbonyl (C=O) groups is 2. The molecule has 3 heterocycles. The van der Waals surface area contributed by atoms with Crippen LogP contribution in [0.2, 0.25) is 0 Å². The van der Waals surface area contributed by atoms with Crippen LogP contribution in [0.3, 0.4) is 0 Å². The van der Waals surface area contributed by atoms with Crippen LogP contribution in [-0.2, 0) is 9.59 Å². The van der Waals surface area contributed by atoms with Gasteiger partial charge in [0.15, 0.2) is 11.9 Å². The van der Waals surface area contributed by atoms with Crippen molar-refractivity contribution in [1.29, 1.82) is 0 Å². The highest BCUT2D eigenvalue weighted by molar-refractivity contribution is 5.99. The number of nitrogens with one attached hydrogen (secondary N) is 2. The lowest BCUT2D eigenvalue weighted by molar-refractivity contribution is -0.138. The first-order valence-corrected chi connectivity index (χ1v) is 7.00. The maximum atomic E-state index is 11.6. The molecule has 1 aromatic rings. The highest BCUT2D eigenvalue weighted by Crippen LogP contribution is 2.17. The maximum absolute atomic E-state index is 11.6. The highest BCUT2D eigenvalue weighted by Gasteiger charge is 2.28. The normalized spacial score (nSPS) is 22.9. The van der Waals surface area contributed by atoms with E-state index < -0.39 is 12.0 Å². The van der Waals surface area contributed by atoms with Crippen LogP contribution in [0, 0.1) is 0 Å². The molecule has 1 unspecified atom stereocenters. The number of ether oxygens (including phenoxy) is 1. The zero-order chi connectivity index (χ0) is 14.7. The van der Waals surface area contributed by atoms with Gasteiger partial charge in [-0.05, 0) is 0 Å². The third kappa shape index (κ3) is 3.27. The minimum Gasteiger partial charge on any atom is -0.477 e. The predicted octanol–water partition coefficient (Wildman–Crippen LogP) is -0.930. The van der Waals surface area contributed by atoms with E-state index in [4.69, 9.17) is 4.74 Å². The topological polar surface area (TPSA) is 96.4 Å². The third-order valence-corrected chi connectivity index (χ3v) is 3.48. The van der Waals surface area contributed by atoms with Crippen molar-refractivity contribution >= 4 is 17.8 Å². The average molecular weight is 291 g/mol. The zero-order valence-corrected chi connectivity index (χ0v) is 11.5. The Kier molecular flexibility index (Phi) is 3.96. The monoisotopic (exact) mass is 291 g/mol. The number of hydrogen-bond acceptors (Lipinski definition) is 7. The van der Waals surface area contributed by atoms with E-state index in [1.807, 2.05) is 0 Å². The molecule has 21 heavy (non-hydrogen) atoms. The van der Waals surface area contributed by atoms with E-state index in [1.165, 1.54) is 0 Å². The van der Waals surface area contributed by atoms with Crippen molar-refractivity contribution < 1.29 is 14.3 Å². The Morgan fingerprint density at radius 1 is 1.19 bits per heavy atom. The quantitative estimate of drug-likeness (QED) is 0.694. The molecule has 1 atom stereocenters. The second-order valence-corrected chi connectivity index (χ2v) is 5.01. The van der Waals surface area contributed by atoms with Crippen LogP contribution < -0.4 is 20.3 Å². The number of piperidine rings is 1. The molecule has 1 aromatic heterocycles. The fraction of sp³-hybridized carbons (Fsp3) is 0.538. The Bertz CT molecular complexity index is 527. The number of carbonyl (C=O) groups excluding carboxylic acids is 2. The van der Waals surface area contributed by atoms with Gasteiger partial charge in [0.25, 0.3) is 5.91 Å². The van der Waals surface area contributed by atoms with Gasteiger partial charge < -0.3 is 15.0 Å². The molecule has 0 aromatic carbocycles. The van der Waals surface area contributed by atoms with Crippen LogP contribution >= 0.6 is 0 Å². The lowest BCUT2D eigenvalue weighted by Crippen LogP contribution is -2.46. The number of aromatic nitrogens is 2. The summed E-state index contributed by atoms with van der Waals surface area (Å²) in [6.07, 6.45) is 3.14. The fourth-order valence-corrected chi connectivity index (χ4v) is 2.35. The molecule has 0 bridgehead atoms. The van der Waals surface area contributed by atoms with Gasteiger partial charge in [-0.3, -0.25) is 14.9 Å². The Balaban J connectivity index is 1.61. The van der Waals surface area contributed by atoms with Crippen LogP contribution in [0.25, 0.3) is 0 Å². The Labute approximate surface area is 121 Å². The van der Waals surface area contributed by atoms with Gasteiger partial charge in [0.1, 0.15) is 0 Å². The first kappa shape index (κ1) is 13.7. The molecule has 2 fully saturated rings. The number of nitrogens with zero attached hydrogens (tertiary/aromatic N) is 3. The summed E-state index contributed by atoms with van der Waals surface area (Å²) in [5.41, 5.74) is 0. The molecule has 2 N–H and O–H groups in total. The summed E-state index contributed by atoms with van der Waals surface area (Å²) in [6.45, 7) is 3.57. The molecule has 2 aliphatic rings. The van der Waals surface area contributed by atoms with Crippen molar-refractivity contribution in [3.8, 4) is 5.75 Å². The average Bonchev–Trinajstić information content (AvgIpc) is 2.52. The van der Waals surface area contributed by atoms with Gasteiger partial charge in [0, 0.05) is 39.0 Å². The van der Waals surface area contributed by atoms with E-state index in [-0.39, 0.29) is 12.3 Å². The number of piperazine rings is 1. The molecular weight excluding hydrogens is 274 g/mol. The Morgan fingerprint density at radius 2 is 1.90 bits per heavy atom. The van der Waals surface area contributed by atoms with E-state index in [1.54, 1.807) is 12.4 Å². The van der Waals surface area contributed by atoms with E-state index in [0.717, 1.165) is 26.2 Å². The summed E-state index contributed by atoms with van der Waals surface area (Å²) in [4.78, 5) is 33.3. The molecule has 8 nitrogen and oxygen atoms in total. The standard InChI is InChI=1S/C13H17N5O3/c19-11-2-1-10(12(20)17-11)21-9-7-15-13(16-8-9)18-5-3-14-4-6-18/h7-8,10,14H,1-6H2,(H,17,19,20). The Hall–Kier alpha value is -2.22. The molecule has 2 amide bonds. The van der Waals surface area contributed by atoms with E-state index in [2.05, 4.69) is 25.5 Å². The largest absolute Gasteiger partial charge is 0.477 e. The van der Waals surface area contributed by atoms with Gasteiger partial charge in [-0.15, -0.1) is 0 Å². The van der Waals surface area contributed by atoms with Gasteiger partial charge in [-0.25, -0.2) is 9.97 Å². The summed E-state index contributed by atoms with van der Waals surface area (Å²) in [5, 5.41) is 5.52. The molecule has 112 valence electrons. The molecule has 2 aliphatic heterocycles. The van der Waals surface area contributed by atoms with E-state index in [9.17, 15) is 9.59 Å². The second-order valence-electron chi connectivity index (χ2n) is 5.01. The maximum Gasteiger partial charge on any atom is 0.267 e. The first-order valence-electron chi connectivity index (χ1n) is 7.00. The molecule has 0 saturated carbocycles. The Morgan fingerprint density at radius 3 is 2.57 bits per heavy atom. The molecule has 0 aliphatic carbocycles. The van der Waals surface area contributed by atoms with Crippen molar-refractivity contribution in [1.82, 2.24) is 20.6 Å². The molecule has 2 saturated heterocycles. The summed E-state index contributed by atoms with van der Waals surface area (Å²) in [7, 11) is 0. The minimum absolute atomic E-state index is 0.259. The lowest BCUT2D eigenvalue weighted by atomic mass is 10.1. The van der Waals surface area contributed by atoms with Crippen molar-refractivity contribution in [2.45, 2.75) is 18.9 Å². The molecule has 0 radical (unpaired) electrons. The predicted molar refractivity (Wildman–Crippen MR) is 73.9 cm³/mol. The van der Waals surface area contributed by atoms with Crippen molar-refractivity contribution in [3.63, 3.8) is 0 Å². The van der Waals surface area contributed by atoms with Crippen LogP contribution in [0.5, 0.6) is 5.75 Å². The van der Waals surface area contributed by atoms with Crippen LogP contribution in [0.1, 0.15) is 12.8 Å². The van der Waals surface area contributed by atoms with E-state index >= 15 is 0 Å². The van der Waals surface area contributed by atoms with Crippen molar-refractivity contribution in [2.24, 2.45) is 0 Å². The molecule has 8 heteroatoms. The van der Waals surface area contributed by atoms with Gasteiger partial charge >= 0.3 is 0 Å². The minimum atomic E-state index is -0.656. The summed E-state index contributed by atoms with van der Waals surface area (Å²) in [6, 6.07) is 0. The van der Waals surface area contributed by atoms with Crippen LogP contribution in [-0.4, -0.2) is 54.1 Å². The number of amides is 2. The summed E-state index contributed by atoms with van der Waals surface area (Å²) < 4.78 is 5.54. The van der Waals surface area contributed by atoms with Gasteiger partial charge in [-0.1, -0.05) is 0 Å². The molecule has 0 spiro atoms. The summed E-state index contributed by atoms with van der Waals surface area (Å²) in [5.74, 6) is 0.429. The van der Waals surface area contributed by atoms with Crippen molar-refractivity contribution in [2.75, 3.05) is 31.1 Å². The summed E-state index contributed by atoms with van der Waals surface area (Å²) >= 11 is 0. The first-order chi connectivity index (χ1) is 10.2. The zero-order valence-electron chi connectivity index (χ0n) is 11.5. The van der Waals surface area contributed by atoms with Crippen LogP contribution in [0.15, 0.2) is 12.4 Å². The fourth-order valence-electron chi connectivity index (χ4n) is 2.35. The lowest BCUT2D eigenvalue weighted by Gasteiger charge is -2.27.